The number of hydrogen-bond acceptors (Lipinski definition) is 3. The summed E-state index contributed by atoms with van der Waals surface area (Å²) in [6, 6.07) is 15.8. The smallest absolute Gasteiger partial charge is 0.241 e. The van der Waals surface area contributed by atoms with E-state index in [2.05, 4.69) is 48.3 Å². The molecule has 138 valence electrons. The van der Waals surface area contributed by atoms with Gasteiger partial charge >= 0.3 is 0 Å². The SMILES string of the molecule is Cc1ccc(C(N)C(=O)NCC(C)(C)N2CCc3ccccc3C2)cc1. The third-order valence-corrected chi connectivity index (χ3v) is 5.40. The molecule has 4 nitrogen and oxygen atoms in total. The van der Waals surface area contributed by atoms with Gasteiger partial charge in [0.2, 0.25) is 5.91 Å². The molecular formula is C22H29N3O. The Morgan fingerprint density at radius 1 is 1.15 bits per heavy atom. The summed E-state index contributed by atoms with van der Waals surface area (Å²) in [5.41, 5.74) is 10.8. The van der Waals surface area contributed by atoms with Gasteiger partial charge in [-0.05, 0) is 43.9 Å². The third-order valence-electron chi connectivity index (χ3n) is 5.40. The lowest BCUT2D eigenvalue weighted by Crippen LogP contribution is -2.54. The molecule has 0 aliphatic carbocycles. The van der Waals surface area contributed by atoms with E-state index in [1.165, 1.54) is 11.1 Å². The number of nitrogens with zero attached hydrogens (tertiary/aromatic N) is 1. The van der Waals surface area contributed by atoms with Crippen molar-refractivity contribution in [3.63, 3.8) is 0 Å². The Morgan fingerprint density at radius 3 is 2.50 bits per heavy atom. The predicted molar refractivity (Wildman–Crippen MR) is 106 cm³/mol. The number of fused-ring (bicyclic) bond motifs is 1. The molecule has 0 fully saturated rings. The highest BCUT2D eigenvalue weighted by Gasteiger charge is 2.30. The molecule has 0 aromatic heterocycles. The molecule has 1 aliphatic rings. The van der Waals surface area contributed by atoms with Gasteiger partial charge in [-0.2, -0.15) is 0 Å². The number of nitrogens with two attached hydrogens (primary N) is 1. The maximum Gasteiger partial charge on any atom is 0.241 e. The lowest BCUT2D eigenvalue weighted by Gasteiger charge is -2.41. The second kappa shape index (κ2) is 7.60. The summed E-state index contributed by atoms with van der Waals surface area (Å²) in [6.07, 6.45) is 1.05. The van der Waals surface area contributed by atoms with Crippen LogP contribution >= 0.6 is 0 Å². The van der Waals surface area contributed by atoms with E-state index in [4.69, 9.17) is 5.73 Å². The Morgan fingerprint density at radius 2 is 1.81 bits per heavy atom. The summed E-state index contributed by atoms with van der Waals surface area (Å²) in [5, 5.41) is 3.05. The number of hydrogen-bond donors (Lipinski definition) is 2. The zero-order valence-corrected chi connectivity index (χ0v) is 16.0. The van der Waals surface area contributed by atoms with Gasteiger partial charge in [0.1, 0.15) is 6.04 Å². The van der Waals surface area contributed by atoms with Gasteiger partial charge in [-0.25, -0.2) is 0 Å². The lowest BCUT2D eigenvalue weighted by molar-refractivity contribution is -0.123. The summed E-state index contributed by atoms with van der Waals surface area (Å²) in [5.74, 6) is -0.126. The molecule has 1 amide bonds. The zero-order chi connectivity index (χ0) is 18.7. The minimum absolute atomic E-state index is 0.126. The van der Waals surface area contributed by atoms with Crippen LogP contribution in [0.5, 0.6) is 0 Å². The van der Waals surface area contributed by atoms with Crippen LogP contribution in [0.2, 0.25) is 0 Å². The average molecular weight is 351 g/mol. The summed E-state index contributed by atoms with van der Waals surface area (Å²) in [7, 11) is 0. The fourth-order valence-electron chi connectivity index (χ4n) is 3.46. The first kappa shape index (κ1) is 18.6. The van der Waals surface area contributed by atoms with E-state index in [0.29, 0.717) is 6.54 Å². The van der Waals surface area contributed by atoms with Crippen molar-refractivity contribution in [1.29, 1.82) is 0 Å². The molecular weight excluding hydrogens is 322 g/mol. The Bertz CT molecular complexity index is 767. The number of carbonyl (C=O) groups excluding carboxylic acids is 1. The summed E-state index contributed by atoms with van der Waals surface area (Å²) in [6.45, 7) is 8.88. The van der Waals surface area contributed by atoms with E-state index in [0.717, 1.165) is 30.6 Å². The van der Waals surface area contributed by atoms with Gasteiger partial charge in [0.15, 0.2) is 0 Å². The van der Waals surface area contributed by atoms with Gasteiger partial charge in [0, 0.05) is 25.2 Å². The maximum absolute atomic E-state index is 12.5. The molecule has 3 N–H and O–H groups in total. The van der Waals surface area contributed by atoms with E-state index in [-0.39, 0.29) is 11.4 Å². The molecule has 1 aliphatic heterocycles. The van der Waals surface area contributed by atoms with Crippen molar-refractivity contribution in [2.75, 3.05) is 13.1 Å². The van der Waals surface area contributed by atoms with Crippen LogP contribution in [-0.2, 0) is 17.8 Å². The number of nitrogens with one attached hydrogen (secondary N) is 1. The molecule has 0 spiro atoms. The largest absolute Gasteiger partial charge is 0.353 e. The minimum Gasteiger partial charge on any atom is -0.353 e. The third kappa shape index (κ3) is 4.14. The molecule has 0 saturated carbocycles. The summed E-state index contributed by atoms with van der Waals surface area (Å²) < 4.78 is 0. The van der Waals surface area contributed by atoms with Gasteiger partial charge in [0.25, 0.3) is 0 Å². The van der Waals surface area contributed by atoms with E-state index in [1.807, 2.05) is 31.2 Å². The van der Waals surface area contributed by atoms with E-state index >= 15 is 0 Å². The first-order valence-corrected chi connectivity index (χ1v) is 9.28. The van der Waals surface area contributed by atoms with Gasteiger partial charge in [-0.15, -0.1) is 0 Å². The maximum atomic E-state index is 12.5. The average Bonchev–Trinajstić information content (AvgIpc) is 2.65. The Labute approximate surface area is 156 Å². The van der Waals surface area contributed by atoms with Crippen LogP contribution in [0.15, 0.2) is 48.5 Å². The predicted octanol–water partition coefficient (Wildman–Crippen LogP) is 2.95. The van der Waals surface area contributed by atoms with Gasteiger partial charge in [0.05, 0.1) is 0 Å². The van der Waals surface area contributed by atoms with Crippen LogP contribution in [0.1, 0.15) is 42.1 Å². The quantitative estimate of drug-likeness (QED) is 0.871. The number of benzene rings is 2. The number of amides is 1. The van der Waals surface area contributed by atoms with Crippen LogP contribution in [-0.4, -0.2) is 29.4 Å². The van der Waals surface area contributed by atoms with Crippen LogP contribution in [0.4, 0.5) is 0 Å². The molecule has 26 heavy (non-hydrogen) atoms. The molecule has 2 aromatic carbocycles. The second-order valence-corrected chi connectivity index (χ2v) is 7.86. The van der Waals surface area contributed by atoms with Crippen molar-refractivity contribution in [3.05, 3.63) is 70.8 Å². The van der Waals surface area contributed by atoms with E-state index in [1.54, 1.807) is 0 Å². The first-order valence-electron chi connectivity index (χ1n) is 9.28. The molecule has 1 unspecified atom stereocenters. The Hall–Kier alpha value is -2.17. The molecule has 3 rings (SSSR count). The Balaban J connectivity index is 1.59. The van der Waals surface area contributed by atoms with Crippen LogP contribution < -0.4 is 11.1 Å². The molecule has 1 heterocycles. The fourth-order valence-corrected chi connectivity index (χ4v) is 3.46. The van der Waals surface area contributed by atoms with Crippen molar-refractivity contribution < 1.29 is 4.79 Å². The highest BCUT2D eigenvalue weighted by Crippen LogP contribution is 2.25. The van der Waals surface area contributed by atoms with Gasteiger partial charge < -0.3 is 11.1 Å². The molecule has 1 atom stereocenters. The van der Waals surface area contributed by atoms with Crippen molar-refractivity contribution in [3.8, 4) is 0 Å². The van der Waals surface area contributed by atoms with Crippen LogP contribution in [0, 0.1) is 6.92 Å². The first-order chi connectivity index (χ1) is 12.4. The standard InChI is InChI=1S/C22H29N3O/c1-16-8-10-18(11-9-16)20(23)21(26)24-15-22(2,3)25-13-12-17-6-4-5-7-19(17)14-25/h4-11,20H,12-15,23H2,1-3H3,(H,24,26). The second-order valence-electron chi connectivity index (χ2n) is 7.86. The van der Waals surface area contributed by atoms with Crippen LogP contribution in [0.25, 0.3) is 0 Å². The van der Waals surface area contributed by atoms with Gasteiger partial charge in [-0.1, -0.05) is 54.1 Å². The number of carbonyl (C=O) groups is 1. The van der Waals surface area contributed by atoms with Crippen molar-refractivity contribution in [2.24, 2.45) is 5.73 Å². The normalized spacial score (nSPS) is 16.0. The highest BCUT2D eigenvalue weighted by atomic mass is 16.2. The van der Waals surface area contributed by atoms with Crippen molar-refractivity contribution in [1.82, 2.24) is 10.2 Å². The summed E-state index contributed by atoms with van der Waals surface area (Å²) >= 11 is 0. The van der Waals surface area contributed by atoms with Crippen molar-refractivity contribution >= 4 is 5.91 Å². The topological polar surface area (TPSA) is 58.4 Å². The molecule has 4 heteroatoms. The summed E-state index contributed by atoms with van der Waals surface area (Å²) in [4.78, 5) is 14.9. The van der Waals surface area contributed by atoms with E-state index < -0.39 is 6.04 Å². The van der Waals surface area contributed by atoms with Gasteiger partial charge in [-0.3, -0.25) is 9.69 Å². The van der Waals surface area contributed by atoms with Crippen LogP contribution in [0.3, 0.4) is 0 Å². The monoisotopic (exact) mass is 351 g/mol. The fraction of sp³-hybridized carbons (Fsp3) is 0.409. The molecule has 0 saturated heterocycles. The lowest BCUT2D eigenvalue weighted by atomic mass is 9.94. The Kier molecular flexibility index (Phi) is 5.44. The minimum atomic E-state index is -0.631. The number of aryl methyl sites for hydroxylation is 1. The highest BCUT2D eigenvalue weighted by molar-refractivity contribution is 5.83. The zero-order valence-electron chi connectivity index (χ0n) is 16.0. The van der Waals surface area contributed by atoms with E-state index in [9.17, 15) is 4.79 Å². The number of rotatable bonds is 5. The molecule has 2 aromatic rings. The van der Waals surface area contributed by atoms with Crippen molar-refractivity contribution in [2.45, 2.75) is 45.3 Å². The molecule has 0 radical (unpaired) electrons. The molecule has 0 bridgehead atoms.